The Labute approximate surface area is 274 Å². The van der Waals surface area contributed by atoms with Gasteiger partial charge in [0.25, 0.3) is 0 Å². The van der Waals surface area contributed by atoms with Crippen molar-refractivity contribution in [2.75, 3.05) is 0 Å². The molecule has 0 atom stereocenters. The van der Waals surface area contributed by atoms with Gasteiger partial charge in [0.15, 0.2) is 46.5 Å². The molecule has 4 aromatic carbocycles. The largest absolute Gasteiger partial charge is 1.00 e. The van der Waals surface area contributed by atoms with Crippen LogP contribution < -0.4 is 73.2 Å². The molecule has 0 aliphatic heterocycles. The Hall–Kier alpha value is -2.26. The summed E-state index contributed by atoms with van der Waals surface area (Å²) in [6.45, 7) is 2.67. The van der Waals surface area contributed by atoms with E-state index in [-0.39, 0.29) is 75.7 Å². The average molecular weight is 630 g/mol. The Morgan fingerprint density at radius 1 is 0.333 bits per heavy atom. The second kappa shape index (κ2) is 12.0. The Kier molecular flexibility index (Phi) is 9.80. The van der Waals surface area contributed by atoms with Crippen molar-refractivity contribution in [3.05, 3.63) is 116 Å². The molecule has 14 heteroatoms. The van der Waals surface area contributed by atoms with Crippen molar-refractivity contribution in [3.63, 3.8) is 0 Å². The Bertz CT molecular complexity index is 1510. The van der Waals surface area contributed by atoms with Crippen LogP contribution in [0.15, 0.2) is 24.3 Å². The predicted octanol–water partition coefficient (Wildman–Crippen LogP) is 2.97. The van der Waals surface area contributed by atoms with Crippen molar-refractivity contribution in [1.82, 2.24) is 0 Å². The van der Waals surface area contributed by atoms with Crippen LogP contribution in [-0.4, -0.2) is 6.15 Å². The van der Waals surface area contributed by atoms with E-state index in [4.69, 9.17) is 0 Å². The molecular formula is C28H16BF12K. The maximum Gasteiger partial charge on any atom is 1.00 e. The topological polar surface area (TPSA) is 0 Å². The van der Waals surface area contributed by atoms with E-state index in [9.17, 15) is 17.6 Å². The molecule has 0 radical (unpaired) electrons. The minimum atomic E-state index is -4.68. The number of hydrogen-bond donors (Lipinski definition) is 0. The van der Waals surface area contributed by atoms with Crippen LogP contribution in [0.1, 0.15) is 22.3 Å². The van der Waals surface area contributed by atoms with Crippen LogP contribution >= 0.6 is 0 Å². The van der Waals surface area contributed by atoms with Crippen LogP contribution in [0.25, 0.3) is 0 Å². The minimum Gasteiger partial charge on any atom is -0.210 e. The molecule has 0 saturated heterocycles. The van der Waals surface area contributed by atoms with Gasteiger partial charge >= 0.3 is 51.4 Å². The molecule has 0 N–H and O–H groups in total. The summed E-state index contributed by atoms with van der Waals surface area (Å²) >= 11 is 0. The standard InChI is InChI=1S/C28H16BF12.K/c1-9-21(13(30)5-17(34)25(9)38)29(22-10(2)26(39)18(35)6-14(22)31,23-11(3)27(40)19(36)7-15(23)32)24-12(4)28(41)20(37)8-16(24)33;/h5-8H,1-4H3;/q-1;+1. The van der Waals surface area contributed by atoms with Crippen LogP contribution in [0, 0.1) is 97.5 Å². The first kappa shape index (κ1) is 34.2. The Morgan fingerprint density at radius 2 is 0.500 bits per heavy atom. The van der Waals surface area contributed by atoms with Crippen molar-refractivity contribution in [1.29, 1.82) is 0 Å². The summed E-state index contributed by atoms with van der Waals surface area (Å²) in [5.74, 6) is -22.3. The second-order valence-electron chi connectivity index (χ2n) is 9.64. The van der Waals surface area contributed by atoms with E-state index in [1.165, 1.54) is 0 Å². The van der Waals surface area contributed by atoms with Gasteiger partial charge in [-0.1, -0.05) is 0 Å². The zero-order valence-electron chi connectivity index (χ0n) is 22.4. The van der Waals surface area contributed by atoms with Gasteiger partial charge in [-0.3, -0.25) is 0 Å². The van der Waals surface area contributed by atoms with Gasteiger partial charge in [0.05, 0.1) is 23.3 Å². The number of benzene rings is 4. The summed E-state index contributed by atoms with van der Waals surface area (Å²) in [4.78, 5) is 0. The van der Waals surface area contributed by atoms with E-state index in [0.717, 1.165) is 0 Å². The maximum atomic E-state index is 15.9. The molecule has 216 valence electrons. The van der Waals surface area contributed by atoms with Crippen molar-refractivity contribution in [3.8, 4) is 0 Å². The summed E-state index contributed by atoms with van der Waals surface area (Å²) < 4.78 is 181. The first-order valence-electron chi connectivity index (χ1n) is 11.7. The van der Waals surface area contributed by atoms with Gasteiger partial charge in [0.1, 0.15) is 6.15 Å². The number of halogens is 12. The first-order valence-corrected chi connectivity index (χ1v) is 11.7. The molecule has 0 bridgehead atoms. The number of rotatable bonds is 4. The summed E-state index contributed by atoms with van der Waals surface area (Å²) in [5, 5.41) is 0. The predicted molar refractivity (Wildman–Crippen MR) is 129 cm³/mol. The third-order valence-corrected chi connectivity index (χ3v) is 7.55. The summed E-state index contributed by atoms with van der Waals surface area (Å²) in [6.07, 6.45) is -4.68. The maximum absolute atomic E-state index is 15.9. The van der Waals surface area contributed by atoms with Gasteiger partial charge in [-0.2, -0.15) is 21.9 Å². The molecule has 0 unspecified atom stereocenters. The van der Waals surface area contributed by atoms with Crippen molar-refractivity contribution in [2.24, 2.45) is 0 Å². The van der Waals surface area contributed by atoms with Gasteiger partial charge in [-0.25, -0.2) is 52.7 Å². The van der Waals surface area contributed by atoms with E-state index in [1.807, 2.05) is 0 Å². The summed E-state index contributed by atoms with van der Waals surface area (Å²) in [7, 11) is 0. The zero-order chi connectivity index (χ0) is 30.9. The Morgan fingerprint density at radius 3 is 0.667 bits per heavy atom. The van der Waals surface area contributed by atoms with Crippen molar-refractivity contribution in [2.45, 2.75) is 27.7 Å². The molecule has 0 aliphatic rings. The summed E-state index contributed by atoms with van der Waals surface area (Å²) in [5.41, 5.74) is -9.90. The van der Waals surface area contributed by atoms with E-state index >= 15 is 35.1 Å². The Balaban J connectivity index is 0.00000484. The first-order chi connectivity index (χ1) is 19.0. The molecule has 4 rings (SSSR count). The molecule has 0 nitrogen and oxygen atoms in total. The molecule has 0 fully saturated rings. The molecule has 0 saturated carbocycles. The van der Waals surface area contributed by atoms with E-state index in [2.05, 4.69) is 0 Å². The van der Waals surface area contributed by atoms with Gasteiger partial charge in [-0.05, 0) is 49.9 Å². The quantitative estimate of drug-likeness (QED) is 0.185. The molecule has 4 aromatic rings. The van der Waals surface area contributed by atoms with E-state index in [1.54, 1.807) is 0 Å². The molecule has 42 heavy (non-hydrogen) atoms. The van der Waals surface area contributed by atoms with Crippen molar-refractivity contribution >= 4 is 28.0 Å². The molecule has 0 heterocycles. The monoisotopic (exact) mass is 630 g/mol. The molecule has 0 aliphatic carbocycles. The van der Waals surface area contributed by atoms with Gasteiger partial charge in [0, 0.05) is 24.3 Å². The molecule has 0 spiro atoms. The van der Waals surface area contributed by atoms with E-state index in [0.29, 0.717) is 27.7 Å². The van der Waals surface area contributed by atoms with E-state index < -0.39 is 120 Å². The fourth-order valence-corrected chi connectivity index (χ4v) is 5.91. The fraction of sp³-hybridized carbons (Fsp3) is 0.143. The van der Waals surface area contributed by atoms with Crippen LogP contribution in [0.5, 0.6) is 0 Å². The van der Waals surface area contributed by atoms with Gasteiger partial charge in [-0.15, -0.1) is 0 Å². The van der Waals surface area contributed by atoms with Crippen molar-refractivity contribution < 1.29 is 104 Å². The zero-order valence-corrected chi connectivity index (χ0v) is 25.5. The third-order valence-electron chi connectivity index (χ3n) is 7.55. The van der Waals surface area contributed by atoms with Crippen LogP contribution in [0.4, 0.5) is 52.7 Å². The summed E-state index contributed by atoms with van der Waals surface area (Å²) in [6, 6.07) is -0.494. The van der Waals surface area contributed by atoms with Crippen LogP contribution in [0.2, 0.25) is 0 Å². The average Bonchev–Trinajstić information content (AvgIpc) is 2.87. The fourth-order valence-electron chi connectivity index (χ4n) is 5.91. The SMILES string of the molecule is Cc1c(F)c(F)cc(F)c1[B-](c1c(F)cc(F)c(F)c1C)(c1c(F)cc(F)c(F)c1C)c1c(F)cc(F)c(F)c1C.[K+]. The normalized spacial score (nSPS) is 11.6. The molecular weight excluding hydrogens is 614 g/mol. The molecule has 0 aromatic heterocycles. The van der Waals surface area contributed by atoms with Gasteiger partial charge in [0.2, 0.25) is 0 Å². The minimum absolute atomic E-state index is 0. The van der Waals surface area contributed by atoms with Crippen LogP contribution in [-0.2, 0) is 0 Å². The second-order valence-corrected chi connectivity index (χ2v) is 9.64. The molecule has 0 amide bonds. The van der Waals surface area contributed by atoms with Gasteiger partial charge < -0.3 is 0 Å². The smallest absolute Gasteiger partial charge is 0.210 e. The third kappa shape index (κ3) is 4.92. The number of hydrogen-bond acceptors (Lipinski definition) is 0. The van der Waals surface area contributed by atoms with Crippen LogP contribution in [0.3, 0.4) is 0 Å².